The number of carbonyl (C=O) groups is 2. The van der Waals surface area contributed by atoms with Gasteiger partial charge in [0.1, 0.15) is 0 Å². The van der Waals surface area contributed by atoms with E-state index in [-0.39, 0.29) is 18.4 Å². The Balaban J connectivity index is 1.36. The molecule has 7 heteroatoms. The number of benzene rings is 1. The summed E-state index contributed by atoms with van der Waals surface area (Å²) in [5.74, 6) is 0.630. The van der Waals surface area contributed by atoms with E-state index in [1.54, 1.807) is 24.3 Å². The van der Waals surface area contributed by atoms with Gasteiger partial charge in [-0.05, 0) is 31.5 Å². The average Bonchev–Trinajstić information content (AvgIpc) is 3.18. The number of aromatic nitrogens is 2. The third kappa shape index (κ3) is 3.19. The van der Waals surface area contributed by atoms with Crippen LogP contribution in [0.2, 0.25) is 0 Å². The first-order chi connectivity index (χ1) is 12.2. The fourth-order valence-electron chi connectivity index (χ4n) is 3.44. The molecule has 1 aromatic heterocycles. The van der Waals surface area contributed by atoms with E-state index in [2.05, 4.69) is 15.5 Å². The Morgan fingerprint density at radius 3 is 2.60 bits per heavy atom. The topological polar surface area (TPSA) is 88.3 Å². The number of amides is 2. The molecule has 1 N–H and O–H groups in total. The van der Waals surface area contributed by atoms with Gasteiger partial charge in [0.15, 0.2) is 5.82 Å². The van der Waals surface area contributed by atoms with Gasteiger partial charge < -0.3 is 9.84 Å². The van der Waals surface area contributed by atoms with Crippen molar-refractivity contribution in [3.05, 3.63) is 47.1 Å². The zero-order valence-electron chi connectivity index (χ0n) is 13.9. The van der Waals surface area contributed by atoms with Gasteiger partial charge >= 0.3 is 0 Å². The van der Waals surface area contributed by atoms with E-state index in [9.17, 15) is 9.59 Å². The predicted octanol–water partition coefficient (Wildman–Crippen LogP) is 1.59. The number of fused-ring (bicyclic) bond motifs is 1. The number of nitrogens with zero attached hydrogens (tertiary/aromatic N) is 3. The molecule has 1 fully saturated rings. The van der Waals surface area contributed by atoms with Gasteiger partial charge in [-0.3, -0.25) is 14.5 Å². The molecule has 1 atom stereocenters. The molecule has 7 nitrogen and oxygen atoms in total. The Kier molecular flexibility index (Phi) is 4.31. The summed E-state index contributed by atoms with van der Waals surface area (Å²) in [5, 5.41) is 7.43. The van der Waals surface area contributed by atoms with Gasteiger partial charge in [0, 0.05) is 25.4 Å². The number of piperidine rings is 1. The molecule has 0 spiro atoms. The minimum atomic E-state index is -0.254. The third-order valence-electron chi connectivity index (χ3n) is 4.78. The summed E-state index contributed by atoms with van der Waals surface area (Å²) < 4.78 is 5.31. The molecule has 1 saturated heterocycles. The fraction of sp³-hybridized carbons (Fsp3) is 0.444. The highest BCUT2D eigenvalue weighted by Gasteiger charge is 2.34. The highest BCUT2D eigenvalue weighted by Crippen LogP contribution is 2.22. The highest BCUT2D eigenvalue weighted by molar-refractivity contribution is 6.21. The third-order valence-corrected chi connectivity index (χ3v) is 4.78. The number of hydrogen-bond acceptors (Lipinski definition) is 6. The second kappa shape index (κ2) is 6.76. The van der Waals surface area contributed by atoms with Crippen LogP contribution < -0.4 is 5.32 Å². The zero-order valence-corrected chi connectivity index (χ0v) is 13.9. The Morgan fingerprint density at radius 1 is 1.16 bits per heavy atom. The van der Waals surface area contributed by atoms with Crippen LogP contribution in [0, 0.1) is 0 Å². The van der Waals surface area contributed by atoms with Crippen molar-refractivity contribution >= 4 is 11.8 Å². The summed E-state index contributed by atoms with van der Waals surface area (Å²) >= 11 is 0. The summed E-state index contributed by atoms with van der Waals surface area (Å²) in [6.07, 6.45) is 4.67. The number of rotatable bonds is 5. The van der Waals surface area contributed by atoms with Gasteiger partial charge in [-0.1, -0.05) is 23.7 Å². The van der Waals surface area contributed by atoms with Crippen molar-refractivity contribution in [2.75, 3.05) is 13.1 Å². The molecule has 0 aliphatic carbocycles. The SMILES string of the molecule is O=C1c2ccccc2C(=O)N1CCc1noc(C[C@H]2CCCCN2)n1. The van der Waals surface area contributed by atoms with Crippen molar-refractivity contribution in [3.63, 3.8) is 0 Å². The summed E-state index contributed by atoms with van der Waals surface area (Å²) in [6, 6.07) is 7.27. The van der Waals surface area contributed by atoms with Gasteiger partial charge in [-0.2, -0.15) is 4.98 Å². The van der Waals surface area contributed by atoms with E-state index < -0.39 is 0 Å². The van der Waals surface area contributed by atoms with Crippen LogP contribution in [0.5, 0.6) is 0 Å². The monoisotopic (exact) mass is 340 g/mol. The molecule has 0 saturated carbocycles. The summed E-state index contributed by atoms with van der Waals surface area (Å²) in [6.45, 7) is 1.29. The van der Waals surface area contributed by atoms with Gasteiger partial charge in [-0.15, -0.1) is 0 Å². The average molecular weight is 340 g/mol. The second-order valence-electron chi connectivity index (χ2n) is 6.51. The summed E-state index contributed by atoms with van der Waals surface area (Å²) in [5.41, 5.74) is 0.925. The molecule has 0 bridgehead atoms. The van der Waals surface area contributed by atoms with E-state index in [1.165, 1.54) is 17.7 Å². The van der Waals surface area contributed by atoms with E-state index in [4.69, 9.17) is 4.52 Å². The van der Waals surface area contributed by atoms with Crippen LogP contribution in [0.25, 0.3) is 0 Å². The normalized spacial score (nSPS) is 20.2. The Hall–Kier alpha value is -2.54. The molecule has 2 aliphatic rings. The first kappa shape index (κ1) is 16.0. The fourth-order valence-corrected chi connectivity index (χ4v) is 3.44. The molecule has 3 heterocycles. The van der Waals surface area contributed by atoms with Gasteiger partial charge in [0.25, 0.3) is 11.8 Å². The van der Waals surface area contributed by atoms with Crippen molar-refractivity contribution in [2.45, 2.75) is 38.1 Å². The molecule has 2 aromatic rings. The lowest BCUT2D eigenvalue weighted by Crippen LogP contribution is -2.35. The van der Waals surface area contributed by atoms with Crippen LogP contribution >= 0.6 is 0 Å². The predicted molar refractivity (Wildman–Crippen MR) is 89.2 cm³/mol. The maximum Gasteiger partial charge on any atom is 0.261 e. The number of carbonyl (C=O) groups excluding carboxylic acids is 2. The molecule has 4 rings (SSSR count). The van der Waals surface area contributed by atoms with Crippen molar-refractivity contribution in [3.8, 4) is 0 Å². The Bertz CT molecular complexity index is 760. The lowest BCUT2D eigenvalue weighted by molar-refractivity contribution is 0.0655. The number of hydrogen-bond donors (Lipinski definition) is 1. The number of imide groups is 1. The molecule has 25 heavy (non-hydrogen) atoms. The van der Waals surface area contributed by atoms with E-state index in [0.29, 0.717) is 35.3 Å². The van der Waals surface area contributed by atoms with E-state index >= 15 is 0 Å². The van der Waals surface area contributed by atoms with Crippen molar-refractivity contribution in [2.24, 2.45) is 0 Å². The van der Waals surface area contributed by atoms with Gasteiger partial charge in [-0.25, -0.2) is 0 Å². The molecule has 2 amide bonds. The molecule has 2 aliphatic heterocycles. The van der Waals surface area contributed by atoms with Crippen LogP contribution in [0.1, 0.15) is 51.7 Å². The summed E-state index contributed by atoms with van der Waals surface area (Å²) in [4.78, 5) is 30.3. The first-order valence-corrected chi connectivity index (χ1v) is 8.72. The van der Waals surface area contributed by atoms with Gasteiger partial charge in [0.2, 0.25) is 5.89 Å². The molecule has 0 unspecified atom stereocenters. The minimum absolute atomic E-state index is 0.254. The van der Waals surface area contributed by atoms with Crippen LogP contribution in [0.3, 0.4) is 0 Å². The Labute approximate surface area is 145 Å². The smallest absolute Gasteiger partial charge is 0.261 e. The lowest BCUT2D eigenvalue weighted by Gasteiger charge is -2.21. The van der Waals surface area contributed by atoms with Crippen LogP contribution in [-0.4, -0.2) is 46.0 Å². The van der Waals surface area contributed by atoms with Crippen molar-refractivity contribution in [1.29, 1.82) is 0 Å². The minimum Gasteiger partial charge on any atom is -0.339 e. The van der Waals surface area contributed by atoms with Gasteiger partial charge in [0.05, 0.1) is 11.1 Å². The molecular weight excluding hydrogens is 320 g/mol. The zero-order chi connectivity index (χ0) is 17.2. The molecule has 130 valence electrons. The highest BCUT2D eigenvalue weighted by atomic mass is 16.5. The van der Waals surface area contributed by atoms with Crippen LogP contribution in [0.4, 0.5) is 0 Å². The van der Waals surface area contributed by atoms with Crippen molar-refractivity contribution in [1.82, 2.24) is 20.4 Å². The largest absolute Gasteiger partial charge is 0.339 e. The second-order valence-corrected chi connectivity index (χ2v) is 6.51. The molecule has 0 radical (unpaired) electrons. The molecule has 1 aromatic carbocycles. The lowest BCUT2D eigenvalue weighted by atomic mass is 10.0. The Morgan fingerprint density at radius 2 is 1.92 bits per heavy atom. The maximum atomic E-state index is 12.3. The van der Waals surface area contributed by atoms with Crippen molar-refractivity contribution < 1.29 is 14.1 Å². The van der Waals surface area contributed by atoms with E-state index in [0.717, 1.165) is 19.4 Å². The first-order valence-electron chi connectivity index (χ1n) is 8.72. The quantitative estimate of drug-likeness (QED) is 0.832. The van der Waals surface area contributed by atoms with Crippen LogP contribution in [0.15, 0.2) is 28.8 Å². The summed E-state index contributed by atoms with van der Waals surface area (Å²) in [7, 11) is 0. The maximum absolute atomic E-state index is 12.3. The molecular formula is C18H20N4O3. The van der Waals surface area contributed by atoms with Crippen LogP contribution in [-0.2, 0) is 12.8 Å². The van der Waals surface area contributed by atoms with E-state index in [1.807, 2.05) is 0 Å². The number of nitrogens with one attached hydrogen (secondary N) is 1. The standard InChI is InChI=1S/C18H20N4O3/c23-17-13-6-1-2-7-14(13)18(24)22(17)10-8-15-20-16(25-21-15)11-12-5-3-4-9-19-12/h1-2,6-7,12,19H,3-5,8-11H2/t12-/m1/s1.